The van der Waals surface area contributed by atoms with Crippen LogP contribution in [0.5, 0.6) is 0 Å². The van der Waals surface area contributed by atoms with Crippen molar-refractivity contribution in [1.29, 1.82) is 0 Å². The molecule has 0 aliphatic carbocycles. The maximum Gasteiger partial charge on any atom is 0.188 e. The Morgan fingerprint density at radius 2 is 0.529 bits per heavy atom. The van der Waals surface area contributed by atoms with Crippen molar-refractivity contribution in [2.45, 2.75) is 184 Å². The largest absolute Gasteiger partial charge is 0.394 e. The highest BCUT2D eigenvalue weighted by molar-refractivity contribution is 5.02. The Morgan fingerprint density at radius 1 is 0.309 bits per heavy atom. The second-order valence-electron chi connectivity index (χ2n) is 16.7. The van der Waals surface area contributed by atoms with Crippen molar-refractivity contribution in [3.05, 3.63) is 0 Å². The topological polar surface area (TPSA) is 543 Å². The van der Waals surface area contributed by atoms with Crippen LogP contribution in [0.25, 0.3) is 0 Å². The average molecular weight is 1010 g/mol. The highest BCUT2D eigenvalue weighted by Gasteiger charge is 2.59. The number of hydrogen-bond acceptors (Lipinski definition) is 32. The van der Waals surface area contributed by atoms with Gasteiger partial charge in [-0.05, 0) is 0 Å². The molecule has 32 nitrogen and oxygen atoms in total. The van der Waals surface area contributed by atoms with E-state index in [9.17, 15) is 107 Å². The highest BCUT2D eigenvalue weighted by Crippen LogP contribution is 2.37. The first kappa shape index (κ1) is 57.6. The second-order valence-corrected chi connectivity index (χ2v) is 16.7. The van der Waals surface area contributed by atoms with E-state index in [1.165, 1.54) is 0 Å². The van der Waals surface area contributed by atoms with Gasteiger partial charge in [-0.15, -0.1) is 0 Å². The number of nitrogens with two attached hydrogens (primary N) is 1. The zero-order valence-corrected chi connectivity index (χ0v) is 35.6. The number of rotatable bonds is 20. The van der Waals surface area contributed by atoms with Gasteiger partial charge in [-0.1, -0.05) is 0 Å². The second kappa shape index (κ2) is 25.1. The predicted octanol–water partition coefficient (Wildman–Crippen LogP) is -15.2. The molecule has 5 aliphatic heterocycles. The molecular formula is C36H65NO31. The molecule has 10 unspecified atom stereocenters. The summed E-state index contributed by atoms with van der Waals surface area (Å²) in [5.41, 5.74) is 5.41. The fraction of sp³-hybridized carbons (Fsp3) is 1.00. The molecule has 0 saturated carbocycles. The molecule has 68 heavy (non-hydrogen) atoms. The Hall–Kier alpha value is -1.28. The van der Waals surface area contributed by atoms with Gasteiger partial charge in [-0.2, -0.15) is 0 Å². The van der Waals surface area contributed by atoms with E-state index >= 15 is 0 Å². The minimum Gasteiger partial charge on any atom is -0.394 e. The average Bonchev–Trinajstić information content (AvgIpc) is 3.33. The monoisotopic (exact) mass is 1010 g/mol. The molecule has 5 fully saturated rings. The predicted molar refractivity (Wildman–Crippen MR) is 204 cm³/mol. The molecule has 30 atom stereocenters. The minimum atomic E-state index is -2.44. The van der Waals surface area contributed by atoms with Gasteiger partial charge >= 0.3 is 0 Å². The van der Waals surface area contributed by atoms with Crippen molar-refractivity contribution >= 4 is 0 Å². The van der Waals surface area contributed by atoms with E-state index in [1.807, 2.05) is 0 Å². The standard InChI is InChI=1S/C36H65NO31/c37-6-59-32-19(55)28(15(51)24(60-32)8(44)2-39)66-34-21(57)30(17(53)26(62-34)10(46)4-41)68-36-22(58)31(18(54)27(64-36)11(47)5-42)67-35-20(56)29(16(52)25(63-35)9(45)3-40)65-33-14(50)12(48)13(49)23(61-33)7(43)1-38/h7-36,38-58H,1-6,37H2/t7-,8-,9-,10-,11-,12+,13+,14?,15-,16-,17-,18-,19?,20?,21?,22?,23?,24?,25+,26+,27?,28+,29?,30?,31+,32+,33-,34-,35-,36-/m1/s1. The molecule has 400 valence electrons. The van der Waals surface area contributed by atoms with Crippen LogP contribution in [0.15, 0.2) is 0 Å². The molecule has 0 amide bonds. The van der Waals surface area contributed by atoms with Crippen molar-refractivity contribution in [1.82, 2.24) is 0 Å². The molecule has 5 rings (SSSR count). The third kappa shape index (κ3) is 12.0. The zero-order valence-electron chi connectivity index (χ0n) is 35.6. The summed E-state index contributed by atoms with van der Waals surface area (Å²) in [4.78, 5) is 0. The quantitative estimate of drug-likeness (QED) is 0.0504. The molecule has 0 aromatic heterocycles. The summed E-state index contributed by atoms with van der Waals surface area (Å²) in [5, 5.41) is 223. The fourth-order valence-corrected chi connectivity index (χ4v) is 8.37. The molecule has 5 aliphatic rings. The summed E-state index contributed by atoms with van der Waals surface area (Å²) in [6.07, 6.45) is -63.5. The summed E-state index contributed by atoms with van der Waals surface area (Å²) in [6, 6.07) is 0. The van der Waals surface area contributed by atoms with Gasteiger partial charge in [0.2, 0.25) is 0 Å². The molecule has 0 radical (unpaired) electrons. The number of aliphatic hydroxyl groups is 21. The molecule has 0 spiro atoms. The van der Waals surface area contributed by atoms with Crippen molar-refractivity contribution in [2.24, 2.45) is 5.73 Å². The summed E-state index contributed by atoms with van der Waals surface area (Å²) >= 11 is 0. The minimum absolute atomic E-state index is 0.598. The summed E-state index contributed by atoms with van der Waals surface area (Å²) in [5.74, 6) is 0. The molecular weight excluding hydrogens is 942 g/mol. The Kier molecular flexibility index (Phi) is 21.3. The summed E-state index contributed by atoms with van der Waals surface area (Å²) in [6.45, 7) is -6.09. The van der Waals surface area contributed by atoms with E-state index < -0.39 is 224 Å². The van der Waals surface area contributed by atoms with Gasteiger partial charge in [0, 0.05) is 0 Å². The Balaban J connectivity index is 1.44. The van der Waals surface area contributed by atoms with E-state index in [0.717, 1.165) is 0 Å². The molecule has 23 N–H and O–H groups in total. The number of aliphatic hydroxyl groups excluding tert-OH is 21. The Morgan fingerprint density at radius 3 is 0.779 bits per heavy atom. The van der Waals surface area contributed by atoms with E-state index in [1.54, 1.807) is 0 Å². The van der Waals surface area contributed by atoms with E-state index in [0.29, 0.717) is 0 Å². The van der Waals surface area contributed by atoms with E-state index in [-0.39, 0.29) is 0 Å². The Labute approximate surface area is 384 Å². The van der Waals surface area contributed by atoms with Crippen LogP contribution in [0.3, 0.4) is 0 Å². The van der Waals surface area contributed by atoms with Crippen LogP contribution in [0.1, 0.15) is 0 Å². The number of ether oxygens (including phenoxy) is 10. The van der Waals surface area contributed by atoms with Gasteiger partial charge in [0.05, 0.1) is 39.8 Å². The van der Waals surface area contributed by atoms with Crippen LogP contribution in [0.4, 0.5) is 0 Å². The Bertz CT molecular complexity index is 1500. The van der Waals surface area contributed by atoms with E-state index in [4.69, 9.17) is 53.1 Å². The van der Waals surface area contributed by atoms with Crippen LogP contribution in [0, 0.1) is 0 Å². The first-order valence-electron chi connectivity index (χ1n) is 21.3. The van der Waals surface area contributed by atoms with E-state index in [2.05, 4.69) is 0 Å². The molecule has 0 aromatic rings. The van der Waals surface area contributed by atoms with Crippen LogP contribution in [0.2, 0.25) is 0 Å². The van der Waals surface area contributed by atoms with Gasteiger partial charge in [-0.25, -0.2) is 0 Å². The summed E-state index contributed by atoms with van der Waals surface area (Å²) in [7, 11) is 0. The molecule has 0 bridgehead atoms. The zero-order chi connectivity index (χ0) is 50.6. The van der Waals surface area contributed by atoms with Crippen LogP contribution in [-0.2, 0) is 47.4 Å². The maximum absolute atomic E-state index is 11.7. The van der Waals surface area contributed by atoms with Gasteiger partial charge in [0.25, 0.3) is 0 Å². The maximum atomic E-state index is 11.7. The lowest BCUT2D eigenvalue weighted by Crippen LogP contribution is -2.70. The van der Waals surface area contributed by atoms with Crippen molar-refractivity contribution in [3.8, 4) is 0 Å². The van der Waals surface area contributed by atoms with Crippen LogP contribution < -0.4 is 5.73 Å². The van der Waals surface area contributed by atoms with Crippen molar-refractivity contribution < 1.29 is 155 Å². The lowest BCUT2D eigenvalue weighted by Gasteiger charge is -2.51. The number of hydrogen-bond donors (Lipinski definition) is 22. The van der Waals surface area contributed by atoms with Gasteiger partial charge in [-0.3, -0.25) is 0 Å². The molecule has 0 aromatic carbocycles. The molecule has 5 heterocycles. The van der Waals surface area contributed by atoms with Gasteiger partial charge < -0.3 is 160 Å². The fourth-order valence-electron chi connectivity index (χ4n) is 8.37. The SMILES string of the molecule is NCO[C@H]1OC([C@H](O)CO)[C@@H](O)[C@H](O[C@H]2O[C@@H]([C@H](O)CO)[C@@H](O)C(O[C@H]3OC([C@H](O)CO)[C@@H](O)[C@H](O[C@H]4O[C@@H]([C@H](O)CO)[C@@H](O)C(O[C@H]5OC([C@H](O)CO)[C@@H](O)[C@H](O)C5O)C4O)C3O)C2O)C1O. The molecule has 5 saturated heterocycles. The lowest BCUT2D eigenvalue weighted by atomic mass is 9.92. The smallest absolute Gasteiger partial charge is 0.188 e. The normalized spacial score (nSPS) is 48.4. The lowest BCUT2D eigenvalue weighted by molar-refractivity contribution is -0.402. The van der Waals surface area contributed by atoms with Crippen molar-refractivity contribution in [2.75, 3.05) is 39.8 Å². The van der Waals surface area contributed by atoms with Crippen molar-refractivity contribution in [3.63, 3.8) is 0 Å². The third-order valence-electron chi connectivity index (χ3n) is 12.2. The van der Waals surface area contributed by atoms with Crippen LogP contribution >= 0.6 is 0 Å². The van der Waals surface area contributed by atoms with Gasteiger partial charge in [0.15, 0.2) is 31.5 Å². The molecule has 32 heteroatoms. The first-order valence-corrected chi connectivity index (χ1v) is 21.3. The summed E-state index contributed by atoms with van der Waals surface area (Å²) < 4.78 is 55.1. The van der Waals surface area contributed by atoms with Crippen LogP contribution in [-0.4, -0.2) is 331 Å². The highest BCUT2D eigenvalue weighted by atomic mass is 16.8. The first-order chi connectivity index (χ1) is 32.1. The van der Waals surface area contributed by atoms with Gasteiger partial charge in [0.1, 0.15) is 153 Å². The third-order valence-corrected chi connectivity index (χ3v) is 12.2.